The Hall–Kier alpha value is -1.03. The molecule has 0 spiro atoms. The Morgan fingerprint density at radius 1 is 1.36 bits per heavy atom. The number of amides is 1. The molecule has 1 aliphatic rings. The molecule has 25 heavy (non-hydrogen) atoms. The van der Waals surface area contributed by atoms with Crippen LogP contribution in [0.2, 0.25) is 0 Å². The summed E-state index contributed by atoms with van der Waals surface area (Å²) in [6.07, 6.45) is 3.83. The Morgan fingerprint density at radius 2 is 2.04 bits per heavy atom. The molecule has 9 heteroatoms. The predicted octanol–water partition coefficient (Wildman–Crippen LogP) is 1.78. The lowest BCUT2D eigenvalue weighted by atomic mass is 9.96. The zero-order chi connectivity index (χ0) is 18.4. The van der Waals surface area contributed by atoms with Gasteiger partial charge in [0.25, 0.3) is 0 Å². The summed E-state index contributed by atoms with van der Waals surface area (Å²) in [5.41, 5.74) is 0. The zero-order valence-electron chi connectivity index (χ0n) is 14.6. The summed E-state index contributed by atoms with van der Waals surface area (Å²) in [5.74, 6) is 0.705. The number of carbonyl (C=O) groups is 1. The first-order valence-electron chi connectivity index (χ1n) is 8.33. The molecule has 1 fully saturated rings. The Kier molecular flexibility index (Phi) is 7.36. The van der Waals surface area contributed by atoms with Crippen LogP contribution in [0, 0.1) is 5.92 Å². The van der Waals surface area contributed by atoms with Gasteiger partial charge in [-0.25, -0.2) is 17.7 Å². The Balaban J connectivity index is 1.72. The second-order valence-electron chi connectivity index (χ2n) is 6.42. The van der Waals surface area contributed by atoms with Crippen molar-refractivity contribution in [3.8, 4) is 0 Å². The van der Waals surface area contributed by atoms with Gasteiger partial charge >= 0.3 is 0 Å². The van der Waals surface area contributed by atoms with Crippen molar-refractivity contribution in [1.82, 2.24) is 14.2 Å². The molecule has 2 heterocycles. The third-order valence-corrected chi connectivity index (χ3v) is 6.76. The van der Waals surface area contributed by atoms with Crippen LogP contribution in [0.4, 0.5) is 5.82 Å². The molecule has 140 valence electrons. The van der Waals surface area contributed by atoms with Crippen LogP contribution in [0.3, 0.4) is 0 Å². The molecule has 2 rings (SSSR count). The minimum Gasteiger partial charge on any atom is -0.310 e. The van der Waals surface area contributed by atoms with E-state index in [0.717, 1.165) is 36.9 Å². The number of nitrogens with one attached hydrogen (secondary N) is 1. The van der Waals surface area contributed by atoms with E-state index in [-0.39, 0.29) is 17.6 Å². The standard InChI is InChI=1S/C16H25BrN4O3S/c1-20(2)25(23,24)11-3-8-21-9-6-13(7-10-21)16(22)19-15-5-4-14(17)12-18-15/h4-5,12-13H,3,6-11H2,1-2H3,(H,18,19,22). The molecule has 1 saturated heterocycles. The number of aromatic nitrogens is 1. The van der Waals surface area contributed by atoms with E-state index in [1.807, 2.05) is 6.07 Å². The maximum Gasteiger partial charge on any atom is 0.228 e. The number of hydrogen-bond acceptors (Lipinski definition) is 5. The van der Waals surface area contributed by atoms with E-state index < -0.39 is 10.0 Å². The Labute approximate surface area is 158 Å². The number of hydrogen-bond donors (Lipinski definition) is 1. The van der Waals surface area contributed by atoms with Gasteiger partial charge in [0.05, 0.1) is 5.75 Å². The van der Waals surface area contributed by atoms with Crippen LogP contribution < -0.4 is 5.32 Å². The smallest absolute Gasteiger partial charge is 0.228 e. The molecule has 0 saturated carbocycles. The molecule has 0 aromatic carbocycles. The van der Waals surface area contributed by atoms with Crippen molar-refractivity contribution in [2.45, 2.75) is 19.3 Å². The molecular weight excluding hydrogens is 408 g/mol. The van der Waals surface area contributed by atoms with Gasteiger partial charge in [0.15, 0.2) is 0 Å². The third kappa shape index (κ3) is 6.32. The summed E-state index contributed by atoms with van der Waals surface area (Å²) >= 11 is 3.31. The molecular formula is C16H25BrN4O3S. The van der Waals surface area contributed by atoms with E-state index in [4.69, 9.17) is 0 Å². The molecule has 0 aliphatic carbocycles. The average Bonchev–Trinajstić information content (AvgIpc) is 2.57. The summed E-state index contributed by atoms with van der Waals surface area (Å²) in [6.45, 7) is 2.37. The largest absolute Gasteiger partial charge is 0.310 e. The van der Waals surface area contributed by atoms with Crippen molar-refractivity contribution >= 4 is 37.7 Å². The molecule has 1 aromatic heterocycles. The van der Waals surface area contributed by atoms with Gasteiger partial charge < -0.3 is 10.2 Å². The molecule has 0 bridgehead atoms. The second-order valence-corrected chi connectivity index (χ2v) is 9.64. The van der Waals surface area contributed by atoms with Crippen LogP contribution in [0.1, 0.15) is 19.3 Å². The molecule has 1 N–H and O–H groups in total. The highest BCUT2D eigenvalue weighted by molar-refractivity contribution is 9.10. The first-order chi connectivity index (χ1) is 11.8. The van der Waals surface area contributed by atoms with Crippen LogP contribution in [0.5, 0.6) is 0 Å². The van der Waals surface area contributed by atoms with E-state index in [9.17, 15) is 13.2 Å². The van der Waals surface area contributed by atoms with Gasteiger partial charge in [-0.1, -0.05) is 0 Å². The van der Waals surface area contributed by atoms with Crippen molar-refractivity contribution in [3.63, 3.8) is 0 Å². The monoisotopic (exact) mass is 432 g/mol. The number of rotatable bonds is 7. The number of piperidine rings is 1. The number of nitrogens with zero attached hydrogens (tertiary/aromatic N) is 3. The van der Waals surface area contributed by atoms with Crippen molar-refractivity contribution < 1.29 is 13.2 Å². The Bertz CT molecular complexity index is 671. The highest BCUT2D eigenvalue weighted by Gasteiger charge is 2.25. The lowest BCUT2D eigenvalue weighted by Crippen LogP contribution is -2.39. The number of sulfonamides is 1. The van der Waals surface area contributed by atoms with Crippen molar-refractivity contribution in [2.75, 3.05) is 44.8 Å². The normalized spacial score (nSPS) is 17.0. The van der Waals surface area contributed by atoms with Crippen molar-refractivity contribution in [2.24, 2.45) is 5.92 Å². The fraction of sp³-hybridized carbons (Fsp3) is 0.625. The second kappa shape index (κ2) is 9.07. The van der Waals surface area contributed by atoms with Crippen LogP contribution in [-0.4, -0.2) is 68.0 Å². The predicted molar refractivity (Wildman–Crippen MR) is 102 cm³/mol. The van der Waals surface area contributed by atoms with E-state index in [2.05, 4.69) is 31.1 Å². The molecule has 0 radical (unpaired) electrons. The SMILES string of the molecule is CN(C)S(=O)(=O)CCCN1CCC(C(=O)Nc2ccc(Br)cn2)CC1. The number of pyridine rings is 1. The Morgan fingerprint density at radius 3 is 2.60 bits per heavy atom. The van der Waals surface area contributed by atoms with Crippen LogP contribution in [0.15, 0.2) is 22.8 Å². The first-order valence-corrected chi connectivity index (χ1v) is 10.7. The summed E-state index contributed by atoms with van der Waals surface area (Å²) in [6, 6.07) is 3.61. The van der Waals surface area contributed by atoms with Crippen LogP contribution in [-0.2, 0) is 14.8 Å². The molecule has 0 unspecified atom stereocenters. The molecule has 1 aliphatic heterocycles. The number of likely N-dealkylation sites (tertiary alicyclic amines) is 1. The summed E-state index contributed by atoms with van der Waals surface area (Å²) in [7, 11) is -0.0181. The topological polar surface area (TPSA) is 82.6 Å². The fourth-order valence-corrected chi connectivity index (χ4v) is 3.84. The zero-order valence-corrected chi connectivity index (χ0v) is 17.0. The summed E-state index contributed by atoms with van der Waals surface area (Å²) in [5, 5.41) is 2.85. The number of halogens is 1. The molecule has 1 amide bonds. The van der Waals surface area contributed by atoms with Crippen molar-refractivity contribution in [1.29, 1.82) is 0 Å². The minimum atomic E-state index is -3.13. The molecule has 0 atom stereocenters. The minimum absolute atomic E-state index is 0.00431. The first kappa shape index (κ1) is 20.3. The third-order valence-electron chi connectivity index (χ3n) is 4.37. The van der Waals surface area contributed by atoms with Gasteiger partial charge in [-0.15, -0.1) is 0 Å². The highest BCUT2D eigenvalue weighted by atomic mass is 79.9. The summed E-state index contributed by atoms with van der Waals surface area (Å²) < 4.78 is 25.6. The average molecular weight is 433 g/mol. The van der Waals surface area contributed by atoms with Gasteiger partial charge in [-0.2, -0.15) is 0 Å². The van der Waals surface area contributed by atoms with Crippen LogP contribution >= 0.6 is 15.9 Å². The fourth-order valence-electron chi connectivity index (χ4n) is 2.75. The van der Waals surface area contributed by atoms with Gasteiger partial charge in [0, 0.05) is 30.7 Å². The maximum absolute atomic E-state index is 12.3. The quantitative estimate of drug-likeness (QED) is 0.709. The van der Waals surface area contributed by atoms with Gasteiger partial charge in [0.2, 0.25) is 15.9 Å². The van der Waals surface area contributed by atoms with E-state index in [1.54, 1.807) is 26.4 Å². The van der Waals surface area contributed by atoms with Gasteiger partial charge in [-0.3, -0.25) is 4.79 Å². The lowest BCUT2D eigenvalue weighted by molar-refractivity contribution is -0.121. The molecule has 7 nitrogen and oxygen atoms in total. The van der Waals surface area contributed by atoms with E-state index in [0.29, 0.717) is 12.2 Å². The lowest BCUT2D eigenvalue weighted by Gasteiger charge is -2.31. The van der Waals surface area contributed by atoms with Crippen molar-refractivity contribution in [3.05, 3.63) is 22.8 Å². The van der Waals surface area contributed by atoms with E-state index in [1.165, 1.54) is 4.31 Å². The number of carbonyl (C=O) groups excluding carboxylic acids is 1. The highest BCUT2D eigenvalue weighted by Crippen LogP contribution is 2.20. The van der Waals surface area contributed by atoms with Gasteiger partial charge in [-0.05, 0) is 67.0 Å². The van der Waals surface area contributed by atoms with E-state index >= 15 is 0 Å². The number of anilines is 1. The maximum atomic E-state index is 12.3. The van der Waals surface area contributed by atoms with Gasteiger partial charge in [0.1, 0.15) is 5.82 Å². The molecule has 1 aromatic rings. The van der Waals surface area contributed by atoms with Crippen LogP contribution in [0.25, 0.3) is 0 Å². The summed E-state index contributed by atoms with van der Waals surface area (Å²) in [4.78, 5) is 18.7.